The summed E-state index contributed by atoms with van der Waals surface area (Å²) in [6.45, 7) is 0.286. The molecule has 20 heavy (non-hydrogen) atoms. The first-order valence-electron chi connectivity index (χ1n) is 4.84. The molecule has 11 heteroatoms. The first-order chi connectivity index (χ1) is 8.99. The van der Waals surface area contributed by atoms with Gasteiger partial charge in [0.2, 0.25) is 5.54 Å². The standard InChI is InChI=1S/C9H7F3N2O5S/c1-8(7(16)17,9(10,11)12)13-6(15)4-2-5(14(18)19)20-3-4/h2-3H,1H3,(H,13,15)(H,16,17). The van der Waals surface area contributed by atoms with Crippen molar-refractivity contribution in [2.75, 3.05) is 0 Å². The van der Waals surface area contributed by atoms with Crippen LogP contribution in [-0.2, 0) is 4.79 Å². The van der Waals surface area contributed by atoms with Crippen molar-refractivity contribution in [2.24, 2.45) is 0 Å². The normalized spacial score (nSPS) is 14.4. The quantitative estimate of drug-likeness (QED) is 0.650. The van der Waals surface area contributed by atoms with E-state index in [1.165, 1.54) is 5.32 Å². The number of halogens is 3. The maximum Gasteiger partial charge on any atom is 0.422 e. The minimum Gasteiger partial charge on any atom is -0.479 e. The molecule has 0 aliphatic heterocycles. The van der Waals surface area contributed by atoms with Crippen LogP contribution in [0.15, 0.2) is 11.4 Å². The van der Waals surface area contributed by atoms with Gasteiger partial charge in [0, 0.05) is 11.4 Å². The van der Waals surface area contributed by atoms with Gasteiger partial charge in [-0.25, -0.2) is 4.79 Å². The highest BCUT2D eigenvalue weighted by atomic mass is 32.1. The summed E-state index contributed by atoms with van der Waals surface area (Å²) in [6.07, 6.45) is -5.23. The van der Waals surface area contributed by atoms with Gasteiger partial charge in [-0.3, -0.25) is 14.9 Å². The van der Waals surface area contributed by atoms with E-state index in [0.717, 1.165) is 11.4 Å². The predicted molar refractivity (Wildman–Crippen MR) is 60.5 cm³/mol. The number of thiophene rings is 1. The van der Waals surface area contributed by atoms with Gasteiger partial charge in [-0.15, -0.1) is 0 Å². The highest BCUT2D eigenvalue weighted by molar-refractivity contribution is 7.13. The number of rotatable bonds is 4. The number of hydrogen-bond acceptors (Lipinski definition) is 5. The fraction of sp³-hybridized carbons (Fsp3) is 0.333. The maximum atomic E-state index is 12.7. The first-order valence-corrected chi connectivity index (χ1v) is 5.72. The Hall–Kier alpha value is -2.17. The number of carbonyl (C=O) groups is 2. The minimum atomic E-state index is -5.23. The summed E-state index contributed by atoms with van der Waals surface area (Å²) in [5.41, 5.74) is -3.90. The van der Waals surface area contributed by atoms with Crippen molar-refractivity contribution in [3.63, 3.8) is 0 Å². The summed E-state index contributed by atoms with van der Waals surface area (Å²) < 4.78 is 38.0. The largest absolute Gasteiger partial charge is 0.479 e. The molecule has 0 aliphatic rings. The van der Waals surface area contributed by atoms with E-state index in [4.69, 9.17) is 5.11 Å². The molecule has 1 atom stereocenters. The number of amides is 1. The smallest absolute Gasteiger partial charge is 0.422 e. The van der Waals surface area contributed by atoms with Crippen LogP contribution in [0.25, 0.3) is 0 Å². The molecule has 0 spiro atoms. The van der Waals surface area contributed by atoms with Crippen LogP contribution in [0.1, 0.15) is 17.3 Å². The number of hydrogen-bond donors (Lipinski definition) is 2. The van der Waals surface area contributed by atoms with E-state index < -0.39 is 39.1 Å². The van der Waals surface area contributed by atoms with Crippen LogP contribution < -0.4 is 5.32 Å². The number of aliphatic carboxylic acids is 1. The highest BCUT2D eigenvalue weighted by Gasteiger charge is 2.58. The number of carboxylic acids is 1. The van der Waals surface area contributed by atoms with Crippen molar-refractivity contribution >= 4 is 28.2 Å². The summed E-state index contributed by atoms with van der Waals surface area (Å²) in [7, 11) is 0. The average Bonchev–Trinajstić information content (AvgIpc) is 2.76. The fourth-order valence-electron chi connectivity index (χ4n) is 1.08. The third-order valence-electron chi connectivity index (χ3n) is 2.39. The Morgan fingerprint density at radius 3 is 2.35 bits per heavy atom. The predicted octanol–water partition coefficient (Wildman–Crippen LogP) is 1.79. The average molecular weight is 312 g/mol. The van der Waals surface area contributed by atoms with Crippen molar-refractivity contribution < 1.29 is 32.8 Å². The second kappa shape index (κ2) is 5.07. The van der Waals surface area contributed by atoms with Crippen LogP contribution in [-0.4, -0.2) is 33.6 Å². The second-order valence-electron chi connectivity index (χ2n) is 3.81. The lowest BCUT2D eigenvalue weighted by Gasteiger charge is -2.28. The van der Waals surface area contributed by atoms with E-state index in [-0.39, 0.29) is 6.92 Å². The molecule has 110 valence electrons. The molecule has 1 unspecified atom stereocenters. The van der Waals surface area contributed by atoms with E-state index in [1.807, 2.05) is 0 Å². The summed E-state index contributed by atoms with van der Waals surface area (Å²) in [5.74, 6) is -3.65. The number of carboxylic acid groups (broad SMARTS) is 1. The van der Waals surface area contributed by atoms with Gasteiger partial charge in [-0.1, -0.05) is 11.3 Å². The summed E-state index contributed by atoms with van der Waals surface area (Å²) in [6, 6.07) is 0.763. The molecule has 1 amide bonds. The van der Waals surface area contributed by atoms with Crippen LogP contribution in [0.3, 0.4) is 0 Å². The number of nitrogens with zero attached hydrogens (tertiary/aromatic N) is 1. The van der Waals surface area contributed by atoms with E-state index in [2.05, 4.69) is 0 Å². The van der Waals surface area contributed by atoms with Crippen molar-refractivity contribution in [3.8, 4) is 0 Å². The Morgan fingerprint density at radius 1 is 1.45 bits per heavy atom. The third kappa shape index (κ3) is 2.87. The Labute approximate surface area is 113 Å². The Kier molecular flexibility index (Phi) is 4.03. The van der Waals surface area contributed by atoms with Crippen molar-refractivity contribution in [2.45, 2.75) is 18.6 Å². The van der Waals surface area contributed by atoms with Crippen molar-refractivity contribution in [3.05, 3.63) is 27.1 Å². The molecule has 1 heterocycles. The van der Waals surface area contributed by atoms with Gasteiger partial charge in [0.1, 0.15) is 0 Å². The van der Waals surface area contributed by atoms with Crippen LogP contribution in [0.4, 0.5) is 18.2 Å². The maximum absolute atomic E-state index is 12.7. The number of carbonyl (C=O) groups excluding carboxylic acids is 1. The second-order valence-corrected chi connectivity index (χ2v) is 4.70. The van der Waals surface area contributed by atoms with Crippen LogP contribution >= 0.6 is 11.3 Å². The molecule has 2 N–H and O–H groups in total. The molecule has 0 bridgehead atoms. The van der Waals surface area contributed by atoms with E-state index in [0.29, 0.717) is 11.3 Å². The van der Waals surface area contributed by atoms with E-state index in [9.17, 15) is 32.9 Å². The lowest BCUT2D eigenvalue weighted by molar-refractivity contribution is -0.380. The van der Waals surface area contributed by atoms with Crippen molar-refractivity contribution in [1.82, 2.24) is 5.32 Å². The molecule has 0 radical (unpaired) electrons. The lowest BCUT2D eigenvalue weighted by Crippen LogP contribution is -2.61. The van der Waals surface area contributed by atoms with Gasteiger partial charge in [0.15, 0.2) is 0 Å². The van der Waals surface area contributed by atoms with Crippen LogP contribution in [0, 0.1) is 10.1 Å². The summed E-state index contributed by atoms with van der Waals surface area (Å²) in [4.78, 5) is 31.8. The Bertz CT molecular complexity index is 570. The molecule has 0 fully saturated rings. The molecule has 1 rings (SSSR count). The van der Waals surface area contributed by atoms with Gasteiger partial charge in [-0.05, 0) is 6.92 Å². The van der Waals surface area contributed by atoms with Gasteiger partial charge < -0.3 is 10.4 Å². The SMILES string of the molecule is CC(NC(=O)c1csc([N+](=O)[O-])c1)(C(=O)O)C(F)(F)F. The topological polar surface area (TPSA) is 110 Å². The van der Waals surface area contributed by atoms with Gasteiger partial charge >= 0.3 is 17.1 Å². The molecular formula is C9H7F3N2O5S. The molecule has 1 aromatic heterocycles. The molecule has 0 saturated carbocycles. The number of alkyl halides is 3. The minimum absolute atomic E-state index is 0.286. The highest BCUT2D eigenvalue weighted by Crippen LogP contribution is 2.31. The number of nitrogens with one attached hydrogen (secondary N) is 1. The summed E-state index contributed by atoms with van der Waals surface area (Å²) >= 11 is 0.539. The zero-order valence-corrected chi connectivity index (χ0v) is 10.5. The first kappa shape index (κ1) is 15.9. The zero-order valence-electron chi connectivity index (χ0n) is 9.72. The molecule has 0 saturated heterocycles. The van der Waals surface area contributed by atoms with Crippen LogP contribution in [0.2, 0.25) is 0 Å². The molecular weight excluding hydrogens is 305 g/mol. The Balaban J connectivity index is 3.03. The molecule has 7 nitrogen and oxygen atoms in total. The summed E-state index contributed by atoms with van der Waals surface area (Å²) in [5, 5.41) is 20.9. The van der Waals surface area contributed by atoms with Gasteiger partial charge in [0.25, 0.3) is 5.91 Å². The van der Waals surface area contributed by atoms with Gasteiger partial charge in [0.05, 0.1) is 10.5 Å². The van der Waals surface area contributed by atoms with E-state index >= 15 is 0 Å². The molecule has 0 aromatic carbocycles. The van der Waals surface area contributed by atoms with E-state index in [1.54, 1.807) is 0 Å². The zero-order chi connectivity index (χ0) is 15.7. The van der Waals surface area contributed by atoms with Crippen molar-refractivity contribution in [1.29, 1.82) is 0 Å². The van der Waals surface area contributed by atoms with Crippen LogP contribution in [0.5, 0.6) is 0 Å². The fourth-order valence-corrected chi connectivity index (χ4v) is 1.79. The number of nitro groups is 1. The molecule has 0 aliphatic carbocycles. The lowest BCUT2D eigenvalue weighted by atomic mass is 10.0. The van der Waals surface area contributed by atoms with Gasteiger partial charge in [-0.2, -0.15) is 13.2 Å². The Morgan fingerprint density at radius 2 is 2.00 bits per heavy atom. The third-order valence-corrected chi connectivity index (χ3v) is 3.27. The molecule has 1 aromatic rings. The monoisotopic (exact) mass is 312 g/mol.